The van der Waals surface area contributed by atoms with Gasteiger partial charge in [0, 0.05) is 18.7 Å². The van der Waals surface area contributed by atoms with Gasteiger partial charge in [-0.2, -0.15) is 5.26 Å². The fourth-order valence-electron chi connectivity index (χ4n) is 2.09. The molecule has 0 spiro atoms. The molecule has 0 aliphatic carbocycles. The van der Waals surface area contributed by atoms with E-state index in [1.54, 1.807) is 29.2 Å². The zero-order chi connectivity index (χ0) is 16.7. The van der Waals surface area contributed by atoms with Gasteiger partial charge in [-0.05, 0) is 17.7 Å². The lowest BCUT2D eigenvalue weighted by Crippen LogP contribution is -2.32. The summed E-state index contributed by atoms with van der Waals surface area (Å²) in [6, 6.07) is 11.4. The van der Waals surface area contributed by atoms with E-state index in [9.17, 15) is 14.9 Å². The monoisotopic (exact) mass is 313 g/mol. The van der Waals surface area contributed by atoms with E-state index in [1.165, 1.54) is 18.4 Å². The highest BCUT2D eigenvalue weighted by Crippen LogP contribution is 2.14. The predicted octanol–water partition coefficient (Wildman–Crippen LogP) is 2.67. The first-order chi connectivity index (χ1) is 11.1. The van der Waals surface area contributed by atoms with E-state index in [0.29, 0.717) is 24.4 Å². The topological polar surface area (TPSA) is 100 Å². The van der Waals surface area contributed by atoms with Crippen molar-refractivity contribution in [3.05, 3.63) is 64.1 Å². The molecule has 7 nitrogen and oxygen atoms in total. The number of furan rings is 1. The predicted molar refractivity (Wildman–Crippen MR) is 81.2 cm³/mol. The molecule has 0 aliphatic rings. The highest BCUT2D eigenvalue weighted by atomic mass is 16.6. The van der Waals surface area contributed by atoms with Crippen molar-refractivity contribution < 1.29 is 14.1 Å². The van der Waals surface area contributed by atoms with E-state index in [2.05, 4.69) is 0 Å². The van der Waals surface area contributed by atoms with Crippen LogP contribution < -0.4 is 0 Å². The van der Waals surface area contributed by atoms with Gasteiger partial charge in [-0.25, -0.2) is 0 Å². The molecule has 0 N–H and O–H groups in total. The van der Waals surface area contributed by atoms with Crippen molar-refractivity contribution in [1.82, 2.24) is 4.90 Å². The minimum absolute atomic E-state index is 0.0156. The van der Waals surface area contributed by atoms with Crippen LogP contribution in [0.5, 0.6) is 0 Å². The van der Waals surface area contributed by atoms with Crippen molar-refractivity contribution in [3.63, 3.8) is 0 Å². The van der Waals surface area contributed by atoms with Gasteiger partial charge in [0.05, 0.1) is 36.6 Å². The molecule has 0 saturated carbocycles. The van der Waals surface area contributed by atoms with Gasteiger partial charge < -0.3 is 9.32 Å². The van der Waals surface area contributed by atoms with Crippen LogP contribution >= 0.6 is 0 Å². The molecular weight excluding hydrogens is 298 g/mol. The number of benzene rings is 1. The van der Waals surface area contributed by atoms with Gasteiger partial charge in [0.1, 0.15) is 5.76 Å². The van der Waals surface area contributed by atoms with Crippen molar-refractivity contribution in [1.29, 1.82) is 5.26 Å². The van der Waals surface area contributed by atoms with Crippen LogP contribution in [-0.4, -0.2) is 22.3 Å². The van der Waals surface area contributed by atoms with Crippen LogP contribution in [0.15, 0.2) is 47.1 Å². The number of hydrogen-bond donors (Lipinski definition) is 0. The fraction of sp³-hybridized carbons (Fsp3) is 0.250. The summed E-state index contributed by atoms with van der Waals surface area (Å²) in [5.41, 5.74) is 0.667. The summed E-state index contributed by atoms with van der Waals surface area (Å²) in [4.78, 5) is 24.1. The molecule has 0 fully saturated rings. The van der Waals surface area contributed by atoms with Crippen LogP contribution in [0.1, 0.15) is 17.7 Å². The first kappa shape index (κ1) is 16.2. The highest BCUT2D eigenvalue weighted by Gasteiger charge is 2.16. The number of nitrogens with zero attached hydrogens (tertiary/aromatic N) is 3. The van der Waals surface area contributed by atoms with E-state index >= 15 is 0 Å². The summed E-state index contributed by atoms with van der Waals surface area (Å²) in [6.07, 6.45) is 1.87. The minimum atomic E-state index is -0.484. The molecule has 1 aromatic heterocycles. The highest BCUT2D eigenvalue weighted by molar-refractivity contribution is 5.78. The Bertz CT molecular complexity index is 702. The minimum Gasteiger partial charge on any atom is -0.467 e. The van der Waals surface area contributed by atoms with Crippen molar-refractivity contribution in [2.24, 2.45) is 0 Å². The SMILES string of the molecule is N#CCCN(Cc1ccco1)C(=O)Cc1ccc([N+](=O)[O-])cc1. The van der Waals surface area contributed by atoms with E-state index in [1.807, 2.05) is 6.07 Å². The average Bonchev–Trinajstić information content (AvgIpc) is 3.05. The molecule has 0 bridgehead atoms. The van der Waals surface area contributed by atoms with E-state index in [0.717, 1.165) is 0 Å². The fourth-order valence-corrected chi connectivity index (χ4v) is 2.09. The van der Waals surface area contributed by atoms with E-state index < -0.39 is 4.92 Å². The number of nitriles is 1. The van der Waals surface area contributed by atoms with Crippen molar-refractivity contribution in [3.8, 4) is 6.07 Å². The van der Waals surface area contributed by atoms with Gasteiger partial charge in [0.2, 0.25) is 5.91 Å². The van der Waals surface area contributed by atoms with Crippen molar-refractivity contribution in [2.45, 2.75) is 19.4 Å². The number of carbonyl (C=O) groups is 1. The maximum Gasteiger partial charge on any atom is 0.269 e. The van der Waals surface area contributed by atoms with Crippen LogP contribution in [0, 0.1) is 21.4 Å². The van der Waals surface area contributed by atoms with Crippen molar-refractivity contribution >= 4 is 11.6 Å². The second-order valence-corrected chi connectivity index (χ2v) is 4.90. The number of amides is 1. The molecule has 2 aromatic rings. The lowest BCUT2D eigenvalue weighted by atomic mass is 10.1. The third-order valence-electron chi connectivity index (χ3n) is 3.28. The van der Waals surface area contributed by atoms with Gasteiger partial charge in [-0.15, -0.1) is 0 Å². The molecule has 0 unspecified atom stereocenters. The normalized spacial score (nSPS) is 10.0. The zero-order valence-electron chi connectivity index (χ0n) is 12.3. The smallest absolute Gasteiger partial charge is 0.269 e. The van der Waals surface area contributed by atoms with Gasteiger partial charge in [0.15, 0.2) is 0 Å². The van der Waals surface area contributed by atoms with Crippen LogP contribution in [0.3, 0.4) is 0 Å². The molecular formula is C16H15N3O4. The van der Waals surface area contributed by atoms with Crippen molar-refractivity contribution in [2.75, 3.05) is 6.54 Å². The molecule has 0 aliphatic heterocycles. The number of rotatable bonds is 7. The summed E-state index contributed by atoms with van der Waals surface area (Å²) in [7, 11) is 0. The zero-order valence-corrected chi connectivity index (χ0v) is 12.3. The lowest BCUT2D eigenvalue weighted by Gasteiger charge is -2.20. The van der Waals surface area contributed by atoms with Gasteiger partial charge in [-0.3, -0.25) is 14.9 Å². The van der Waals surface area contributed by atoms with E-state index in [4.69, 9.17) is 9.68 Å². The lowest BCUT2D eigenvalue weighted by molar-refractivity contribution is -0.384. The van der Waals surface area contributed by atoms with Crippen LogP contribution in [0.2, 0.25) is 0 Å². The quantitative estimate of drug-likeness (QED) is 0.578. The molecule has 1 aromatic carbocycles. The molecule has 1 heterocycles. The number of carbonyl (C=O) groups excluding carboxylic acids is 1. The molecule has 7 heteroatoms. The molecule has 0 radical (unpaired) electrons. The Morgan fingerprint density at radius 1 is 1.30 bits per heavy atom. The second kappa shape index (κ2) is 7.75. The standard InChI is InChI=1S/C16H15N3O4/c17-8-2-9-18(12-15-3-1-10-23-15)16(20)11-13-4-6-14(7-5-13)19(21)22/h1,3-7,10H,2,9,11-12H2. The molecule has 23 heavy (non-hydrogen) atoms. The number of non-ortho nitro benzene ring substituents is 1. The first-order valence-electron chi connectivity index (χ1n) is 7.00. The number of hydrogen-bond acceptors (Lipinski definition) is 5. The summed E-state index contributed by atoms with van der Waals surface area (Å²) >= 11 is 0. The molecule has 1 amide bonds. The first-order valence-corrected chi connectivity index (χ1v) is 7.00. The Morgan fingerprint density at radius 3 is 2.61 bits per heavy atom. The van der Waals surface area contributed by atoms with Gasteiger partial charge >= 0.3 is 0 Å². The summed E-state index contributed by atoms with van der Waals surface area (Å²) < 4.78 is 5.23. The second-order valence-electron chi connectivity index (χ2n) is 4.90. The Morgan fingerprint density at radius 2 is 2.04 bits per heavy atom. The molecule has 0 atom stereocenters. The van der Waals surface area contributed by atoms with E-state index in [-0.39, 0.29) is 24.4 Å². The Hall–Kier alpha value is -3.14. The molecule has 0 saturated heterocycles. The largest absolute Gasteiger partial charge is 0.467 e. The Balaban J connectivity index is 2.04. The maximum atomic E-state index is 12.4. The van der Waals surface area contributed by atoms with Crippen LogP contribution in [0.25, 0.3) is 0 Å². The number of nitro groups is 1. The summed E-state index contributed by atoms with van der Waals surface area (Å²) in [5, 5.41) is 19.3. The Labute approximate surface area is 132 Å². The molecule has 2 rings (SSSR count). The van der Waals surface area contributed by atoms with Crippen LogP contribution in [0.4, 0.5) is 5.69 Å². The average molecular weight is 313 g/mol. The number of nitro benzene ring substituents is 1. The maximum absolute atomic E-state index is 12.4. The van der Waals surface area contributed by atoms with Gasteiger partial charge in [-0.1, -0.05) is 12.1 Å². The van der Waals surface area contributed by atoms with Crippen LogP contribution in [-0.2, 0) is 17.8 Å². The summed E-state index contributed by atoms with van der Waals surface area (Å²) in [6.45, 7) is 0.601. The third kappa shape index (κ3) is 4.68. The molecule has 118 valence electrons. The Kier molecular flexibility index (Phi) is 5.47. The third-order valence-corrected chi connectivity index (χ3v) is 3.28. The summed E-state index contributed by atoms with van der Waals surface area (Å²) in [5.74, 6) is 0.477. The van der Waals surface area contributed by atoms with Gasteiger partial charge in [0.25, 0.3) is 5.69 Å².